The number of carbonyl (C=O) groups is 1. The summed E-state index contributed by atoms with van der Waals surface area (Å²) in [4.78, 5) is 23.2. The van der Waals surface area contributed by atoms with E-state index in [0.717, 1.165) is 29.5 Å². The molecule has 2 heterocycles. The standard InChI is InChI=1S/C17H16N4O2S/c22-12-7-3-1-5-10(12)16(23)21-20-15-14-11-6-2-4-8-13(11)24-17(14)19-9-18-15/h1,3,5,7,9,22H,2,4,6,8H2,(H,21,23)(H,18,19,20). The number of aromatic hydroxyl groups is 1. The summed E-state index contributed by atoms with van der Waals surface area (Å²) in [6.45, 7) is 0. The van der Waals surface area contributed by atoms with Crippen LogP contribution in [0.2, 0.25) is 0 Å². The zero-order valence-corrected chi connectivity index (χ0v) is 13.7. The fourth-order valence-corrected chi connectivity index (χ4v) is 4.26. The van der Waals surface area contributed by atoms with Crippen LogP contribution in [0.4, 0.5) is 5.82 Å². The lowest BCUT2D eigenvalue weighted by Gasteiger charge is -2.13. The lowest BCUT2D eigenvalue weighted by Crippen LogP contribution is -2.30. The summed E-state index contributed by atoms with van der Waals surface area (Å²) < 4.78 is 0. The molecule has 3 aromatic rings. The molecule has 0 radical (unpaired) electrons. The van der Waals surface area contributed by atoms with Gasteiger partial charge in [0.1, 0.15) is 16.9 Å². The SMILES string of the molecule is O=C(NNc1ncnc2sc3c(c12)CCCC3)c1ccccc1O. The number of carbonyl (C=O) groups excluding carboxylic acids is 1. The molecule has 7 heteroatoms. The highest BCUT2D eigenvalue weighted by atomic mass is 32.1. The highest BCUT2D eigenvalue weighted by Gasteiger charge is 2.20. The molecule has 1 aliphatic carbocycles. The highest BCUT2D eigenvalue weighted by Crippen LogP contribution is 2.37. The third-order valence-electron chi connectivity index (χ3n) is 4.19. The monoisotopic (exact) mass is 340 g/mol. The van der Waals surface area contributed by atoms with Crippen molar-refractivity contribution in [3.8, 4) is 5.75 Å². The molecule has 0 spiro atoms. The smallest absolute Gasteiger partial charge is 0.273 e. The number of aryl methyl sites for hydroxylation is 2. The van der Waals surface area contributed by atoms with Crippen LogP contribution in [-0.4, -0.2) is 21.0 Å². The van der Waals surface area contributed by atoms with E-state index in [1.54, 1.807) is 29.5 Å². The average Bonchev–Trinajstić information content (AvgIpc) is 2.99. The molecule has 1 amide bonds. The van der Waals surface area contributed by atoms with E-state index in [4.69, 9.17) is 0 Å². The van der Waals surface area contributed by atoms with E-state index in [0.29, 0.717) is 5.82 Å². The second-order valence-corrected chi connectivity index (χ2v) is 6.79. The number of anilines is 1. The summed E-state index contributed by atoms with van der Waals surface area (Å²) in [5.41, 5.74) is 7.01. The summed E-state index contributed by atoms with van der Waals surface area (Å²) in [7, 11) is 0. The molecule has 24 heavy (non-hydrogen) atoms. The van der Waals surface area contributed by atoms with E-state index in [-0.39, 0.29) is 11.3 Å². The number of rotatable bonds is 3. The Balaban J connectivity index is 1.62. The van der Waals surface area contributed by atoms with Gasteiger partial charge < -0.3 is 5.11 Å². The number of hydrogen-bond donors (Lipinski definition) is 3. The minimum Gasteiger partial charge on any atom is -0.507 e. The van der Waals surface area contributed by atoms with Gasteiger partial charge in [-0.15, -0.1) is 11.3 Å². The maximum atomic E-state index is 12.2. The molecule has 0 bridgehead atoms. The molecule has 4 rings (SSSR count). The van der Waals surface area contributed by atoms with Gasteiger partial charge in [0.15, 0.2) is 5.82 Å². The van der Waals surface area contributed by atoms with E-state index in [1.807, 2.05) is 0 Å². The van der Waals surface area contributed by atoms with Crippen LogP contribution >= 0.6 is 11.3 Å². The number of aromatic nitrogens is 2. The Hall–Kier alpha value is -2.67. The molecular formula is C17H16N4O2S. The quantitative estimate of drug-likeness (QED) is 0.638. The van der Waals surface area contributed by atoms with Crippen LogP contribution in [0.1, 0.15) is 33.6 Å². The molecule has 6 nitrogen and oxygen atoms in total. The van der Waals surface area contributed by atoms with Gasteiger partial charge in [0.25, 0.3) is 5.91 Å². The summed E-state index contributed by atoms with van der Waals surface area (Å²) >= 11 is 1.70. The number of phenolic OH excluding ortho intramolecular Hbond substituents is 1. The summed E-state index contributed by atoms with van der Waals surface area (Å²) in [6, 6.07) is 6.42. The predicted octanol–water partition coefficient (Wildman–Crippen LogP) is 3.03. The van der Waals surface area contributed by atoms with Gasteiger partial charge in [-0.05, 0) is 43.4 Å². The molecule has 2 aromatic heterocycles. The molecule has 0 aliphatic heterocycles. The molecule has 0 fully saturated rings. The van der Waals surface area contributed by atoms with E-state index in [2.05, 4.69) is 20.8 Å². The topological polar surface area (TPSA) is 87.1 Å². The van der Waals surface area contributed by atoms with Crippen molar-refractivity contribution in [2.75, 3.05) is 5.43 Å². The lowest BCUT2D eigenvalue weighted by molar-refractivity contribution is 0.0960. The van der Waals surface area contributed by atoms with E-state index in [1.165, 1.54) is 29.3 Å². The van der Waals surface area contributed by atoms with E-state index in [9.17, 15) is 9.90 Å². The Morgan fingerprint density at radius 1 is 1.17 bits per heavy atom. The van der Waals surface area contributed by atoms with Crippen molar-refractivity contribution in [2.24, 2.45) is 0 Å². The molecule has 0 saturated carbocycles. The number of amides is 1. The molecule has 3 N–H and O–H groups in total. The molecule has 122 valence electrons. The van der Waals surface area contributed by atoms with Gasteiger partial charge in [-0.25, -0.2) is 9.97 Å². The molecular weight excluding hydrogens is 324 g/mol. The first-order chi connectivity index (χ1) is 11.7. The molecule has 1 aliphatic rings. The van der Waals surface area contributed by atoms with Gasteiger partial charge in [0, 0.05) is 4.88 Å². The zero-order chi connectivity index (χ0) is 16.5. The van der Waals surface area contributed by atoms with Gasteiger partial charge in [-0.2, -0.15) is 0 Å². The number of nitrogens with one attached hydrogen (secondary N) is 2. The van der Waals surface area contributed by atoms with Crippen molar-refractivity contribution in [2.45, 2.75) is 25.7 Å². The second kappa shape index (κ2) is 6.09. The van der Waals surface area contributed by atoms with Crippen LogP contribution < -0.4 is 10.9 Å². The van der Waals surface area contributed by atoms with Crippen LogP contribution in [0.5, 0.6) is 5.75 Å². The lowest BCUT2D eigenvalue weighted by atomic mass is 9.97. The predicted molar refractivity (Wildman–Crippen MR) is 93.3 cm³/mol. The first-order valence-electron chi connectivity index (χ1n) is 7.83. The van der Waals surface area contributed by atoms with E-state index < -0.39 is 5.91 Å². The normalized spacial score (nSPS) is 13.5. The van der Waals surface area contributed by atoms with Crippen molar-refractivity contribution in [3.05, 3.63) is 46.6 Å². The summed E-state index contributed by atoms with van der Waals surface area (Å²) in [5, 5.41) is 10.8. The first-order valence-corrected chi connectivity index (χ1v) is 8.65. The number of benzene rings is 1. The number of para-hydroxylation sites is 1. The number of thiophene rings is 1. The Morgan fingerprint density at radius 3 is 2.88 bits per heavy atom. The van der Waals surface area contributed by atoms with Crippen molar-refractivity contribution < 1.29 is 9.90 Å². The minimum absolute atomic E-state index is 0.0578. The Labute approximate surface area is 142 Å². The number of hydrazine groups is 1. The molecule has 1 aromatic carbocycles. The Bertz CT molecular complexity index is 922. The molecule has 0 atom stereocenters. The fourth-order valence-electron chi connectivity index (χ4n) is 3.03. The number of fused-ring (bicyclic) bond motifs is 3. The molecule has 0 unspecified atom stereocenters. The Morgan fingerprint density at radius 2 is 2.00 bits per heavy atom. The highest BCUT2D eigenvalue weighted by molar-refractivity contribution is 7.19. The average molecular weight is 340 g/mol. The van der Waals surface area contributed by atoms with Crippen molar-refractivity contribution in [1.82, 2.24) is 15.4 Å². The fraction of sp³-hybridized carbons (Fsp3) is 0.235. The van der Waals surface area contributed by atoms with Gasteiger partial charge in [0.05, 0.1) is 10.9 Å². The maximum Gasteiger partial charge on any atom is 0.273 e. The zero-order valence-electron chi connectivity index (χ0n) is 12.9. The largest absolute Gasteiger partial charge is 0.507 e. The van der Waals surface area contributed by atoms with Gasteiger partial charge >= 0.3 is 0 Å². The molecule has 0 saturated heterocycles. The number of hydrogen-bond acceptors (Lipinski definition) is 6. The summed E-state index contributed by atoms with van der Waals surface area (Å²) in [5.74, 6) is 0.129. The second-order valence-electron chi connectivity index (χ2n) is 5.71. The first kappa shape index (κ1) is 14.9. The minimum atomic E-state index is -0.413. The van der Waals surface area contributed by atoms with Crippen LogP contribution in [0.3, 0.4) is 0 Å². The number of phenols is 1. The van der Waals surface area contributed by atoms with Crippen LogP contribution in [0, 0.1) is 0 Å². The van der Waals surface area contributed by atoms with E-state index >= 15 is 0 Å². The maximum absolute atomic E-state index is 12.2. The Kier molecular flexibility index (Phi) is 3.78. The summed E-state index contributed by atoms with van der Waals surface area (Å²) in [6.07, 6.45) is 5.97. The van der Waals surface area contributed by atoms with Crippen LogP contribution in [0.15, 0.2) is 30.6 Å². The third-order valence-corrected chi connectivity index (χ3v) is 5.39. The van der Waals surface area contributed by atoms with Gasteiger partial charge in [-0.3, -0.25) is 15.6 Å². The van der Waals surface area contributed by atoms with Gasteiger partial charge in [-0.1, -0.05) is 12.1 Å². The van der Waals surface area contributed by atoms with Crippen LogP contribution in [-0.2, 0) is 12.8 Å². The van der Waals surface area contributed by atoms with Gasteiger partial charge in [0.2, 0.25) is 0 Å². The van der Waals surface area contributed by atoms with Crippen molar-refractivity contribution in [1.29, 1.82) is 0 Å². The van der Waals surface area contributed by atoms with Crippen molar-refractivity contribution >= 4 is 33.3 Å². The number of nitrogens with zero attached hydrogens (tertiary/aromatic N) is 2. The van der Waals surface area contributed by atoms with Crippen LogP contribution in [0.25, 0.3) is 10.2 Å². The van der Waals surface area contributed by atoms with Crippen molar-refractivity contribution in [3.63, 3.8) is 0 Å². The third kappa shape index (κ3) is 2.56.